The summed E-state index contributed by atoms with van der Waals surface area (Å²) in [6, 6.07) is 4.74. The van der Waals surface area contributed by atoms with Crippen LogP contribution in [0, 0.1) is 5.92 Å². The van der Waals surface area contributed by atoms with Crippen molar-refractivity contribution in [3.8, 4) is 16.9 Å². The van der Waals surface area contributed by atoms with E-state index in [0.717, 1.165) is 27.1 Å². The van der Waals surface area contributed by atoms with Crippen LogP contribution in [0.5, 0.6) is 5.75 Å². The first-order chi connectivity index (χ1) is 13.2. The van der Waals surface area contributed by atoms with Gasteiger partial charge >= 0.3 is 0 Å². The van der Waals surface area contributed by atoms with E-state index in [4.69, 9.17) is 4.74 Å². The second-order valence-electron chi connectivity index (χ2n) is 7.56. The number of benzene rings is 1. The molecule has 140 valence electrons. The number of carbonyl (C=O) groups is 1. The van der Waals surface area contributed by atoms with E-state index in [2.05, 4.69) is 38.4 Å². The minimum Gasteiger partial charge on any atom is -0.489 e. The molecule has 1 aromatic carbocycles. The van der Waals surface area contributed by atoms with Crippen molar-refractivity contribution in [3.63, 3.8) is 0 Å². The normalized spacial score (nSPS) is 21.2. The molecule has 1 aliphatic heterocycles. The summed E-state index contributed by atoms with van der Waals surface area (Å²) in [7, 11) is 0. The number of nitrogens with one attached hydrogen (secondary N) is 1. The standard InChI is InChI=1S/C20H22N4O2S/c1-12(14-7-19(25)21-8-14)26-18-6-13(5-17-20(18)27-11-22-17)15-9-23-24(10-15)16-3-2-4-16/h5-6,9-12,14,16H,2-4,7-8H2,1H3,(H,21,25)/t12-,14?/m1/s1. The van der Waals surface area contributed by atoms with E-state index in [1.807, 2.05) is 18.6 Å². The average Bonchev–Trinajstić information content (AvgIpc) is 3.33. The second kappa shape index (κ2) is 6.64. The first-order valence-electron chi connectivity index (χ1n) is 9.52. The number of fused-ring (bicyclic) bond motifs is 1. The molecule has 2 aliphatic rings. The molecule has 1 saturated carbocycles. The van der Waals surface area contributed by atoms with Crippen LogP contribution in [0.25, 0.3) is 21.3 Å². The smallest absolute Gasteiger partial charge is 0.220 e. The Morgan fingerprint density at radius 1 is 1.33 bits per heavy atom. The van der Waals surface area contributed by atoms with Crippen LogP contribution >= 0.6 is 11.3 Å². The first-order valence-corrected chi connectivity index (χ1v) is 10.4. The zero-order valence-corrected chi connectivity index (χ0v) is 16.0. The van der Waals surface area contributed by atoms with E-state index in [9.17, 15) is 4.79 Å². The molecular formula is C20H22N4O2S. The van der Waals surface area contributed by atoms with E-state index < -0.39 is 0 Å². The molecule has 2 aromatic heterocycles. The molecule has 1 saturated heterocycles. The van der Waals surface area contributed by atoms with Gasteiger partial charge in [0.25, 0.3) is 0 Å². The summed E-state index contributed by atoms with van der Waals surface area (Å²) >= 11 is 1.59. The Bertz CT molecular complexity index is 991. The van der Waals surface area contributed by atoms with Crippen molar-refractivity contribution in [2.45, 2.75) is 44.8 Å². The Hall–Kier alpha value is -2.41. The number of amides is 1. The monoisotopic (exact) mass is 382 g/mol. The van der Waals surface area contributed by atoms with Gasteiger partial charge in [0, 0.05) is 30.6 Å². The fourth-order valence-electron chi connectivity index (χ4n) is 3.79. The number of carbonyl (C=O) groups excluding carboxylic acids is 1. The maximum absolute atomic E-state index is 11.5. The molecule has 1 amide bonds. The minimum atomic E-state index is -0.0396. The van der Waals surface area contributed by atoms with Gasteiger partial charge in [0.15, 0.2) is 0 Å². The van der Waals surface area contributed by atoms with E-state index in [0.29, 0.717) is 19.0 Å². The van der Waals surface area contributed by atoms with Gasteiger partial charge in [-0.2, -0.15) is 5.10 Å². The summed E-state index contributed by atoms with van der Waals surface area (Å²) in [5.74, 6) is 1.15. The van der Waals surface area contributed by atoms with Gasteiger partial charge in [-0.25, -0.2) is 4.98 Å². The average molecular weight is 382 g/mol. The van der Waals surface area contributed by atoms with Gasteiger partial charge in [-0.3, -0.25) is 9.48 Å². The molecule has 1 aliphatic carbocycles. The summed E-state index contributed by atoms with van der Waals surface area (Å²) in [6.45, 7) is 2.72. The summed E-state index contributed by atoms with van der Waals surface area (Å²) in [4.78, 5) is 16.0. The quantitative estimate of drug-likeness (QED) is 0.729. The van der Waals surface area contributed by atoms with E-state index in [1.54, 1.807) is 11.3 Å². The summed E-state index contributed by atoms with van der Waals surface area (Å²) in [6.07, 6.45) is 8.27. The molecule has 0 radical (unpaired) electrons. The number of thiazole rings is 1. The number of aromatic nitrogens is 3. The second-order valence-corrected chi connectivity index (χ2v) is 8.41. The lowest BCUT2D eigenvalue weighted by Gasteiger charge is -2.25. The maximum atomic E-state index is 11.5. The van der Waals surface area contributed by atoms with Crippen LogP contribution in [-0.2, 0) is 4.79 Å². The summed E-state index contributed by atoms with van der Waals surface area (Å²) in [5, 5.41) is 7.45. The van der Waals surface area contributed by atoms with Gasteiger partial charge in [-0.05, 0) is 43.9 Å². The van der Waals surface area contributed by atoms with Crippen LogP contribution in [0.3, 0.4) is 0 Å². The van der Waals surface area contributed by atoms with Gasteiger partial charge in [0.1, 0.15) is 11.9 Å². The molecular weight excluding hydrogens is 360 g/mol. The van der Waals surface area contributed by atoms with Gasteiger partial charge in [-0.15, -0.1) is 11.3 Å². The molecule has 0 spiro atoms. The minimum absolute atomic E-state index is 0.0396. The van der Waals surface area contributed by atoms with Crippen molar-refractivity contribution in [2.24, 2.45) is 5.92 Å². The zero-order valence-electron chi connectivity index (χ0n) is 15.2. The highest BCUT2D eigenvalue weighted by Gasteiger charge is 2.28. The molecule has 1 N–H and O–H groups in total. The van der Waals surface area contributed by atoms with Crippen LogP contribution in [0.1, 0.15) is 38.6 Å². The van der Waals surface area contributed by atoms with Crippen LogP contribution in [-0.4, -0.2) is 33.3 Å². The Morgan fingerprint density at radius 3 is 2.96 bits per heavy atom. The molecule has 6 nitrogen and oxygen atoms in total. The SMILES string of the molecule is C[C@@H](Oc1cc(-c2cnn(C3CCC3)c2)cc2ncsc12)C1CNC(=O)C1. The maximum Gasteiger partial charge on any atom is 0.220 e. The summed E-state index contributed by atoms with van der Waals surface area (Å²) in [5.41, 5.74) is 4.95. The molecule has 2 atom stereocenters. The van der Waals surface area contributed by atoms with Gasteiger partial charge in [0.2, 0.25) is 5.91 Å². The molecule has 3 heterocycles. The van der Waals surface area contributed by atoms with Gasteiger partial charge < -0.3 is 10.1 Å². The third kappa shape index (κ3) is 3.10. The summed E-state index contributed by atoms with van der Waals surface area (Å²) < 4.78 is 9.45. The zero-order chi connectivity index (χ0) is 18.4. The number of ether oxygens (including phenoxy) is 1. The lowest BCUT2D eigenvalue weighted by Crippen LogP contribution is -2.25. The van der Waals surface area contributed by atoms with Crippen molar-refractivity contribution >= 4 is 27.5 Å². The predicted octanol–water partition coefficient (Wildman–Crippen LogP) is 3.79. The number of nitrogens with zero attached hydrogens (tertiary/aromatic N) is 3. The highest BCUT2D eigenvalue weighted by atomic mass is 32.1. The van der Waals surface area contributed by atoms with Crippen LogP contribution in [0.2, 0.25) is 0 Å². The van der Waals surface area contributed by atoms with E-state index in [1.165, 1.54) is 19.3 Å². The lowest BCUT2D eigenvalue weighted by atomic mass is 9.93. The topological polar surface area (TPSA) is 69.0 Å². The molecule has 5 rings (SSSR count). The Morgan fingerprint density at radius 2 is 2.22 bits per heavy atom. The number of rotatable bonds is 5. The van der Waals surface area contributed by atoms with Crippen LogP contribution in [0.15, 0.2) is 30.0 Å². The number of hydrogen-bond donors (Lipinski definition) is 1. The van der Waals surface area contributed by atoms with Crippen molar-refractivity contribution in [1.29, 1.82) is 0 Å². The number of hydrogen-bond acceptors (Lipinski definition) is 5. The van der Waals surface area contributed by atoms with Crippen LogP contribution < -0.4 is 10.1 Å². The Balaban J connectivity index is 1.45. The molecule has 0 bridgehead atoms. The van der Waals surface area contributed by atoms with Crippen molar-refractivity contribution in [1.82, 2.24) is 20.1 Å². The highest BCUT2D eigenvalue weighted by molar-refractivity contribution is 7.17. The molecule has 2 fully saturated rings. The molecule has 1 unspecified atom stereocenters. The van der Waals surface area contributed by atoms with Crippen LogP contribution in [0.4, 0.5) is 0 Å². The predicted molar refractivity (Wildman–Crippen MR) is 105 cm³/mol. The fourth-order valence-corrected chi connectivity index (χ4v) is 4.51. The fraction of sp³-hybridized carbons (Fsp3) is 0.450. The Kier molecular flexibility index (Phi) is 4.11. The van der Waals surface area contributed by atoms with Crippen molar-refractivity contribution < 1.29 is 9.53 Å². The largest absolute Gasteiger partial charge is 0.489 e. The van der Waals surface area contributed by atoms with Crippen molar-refractivity contribution in [3.05, 3.63) is 30.0 Å². The van der Waals surface area contributed by atoms with Gasteiger partial charge in [-0.1, -0.05) is 0 Å². The van der Waals surface area contributed by atoms with E-state index in [-0.39, 0.29) is 17.9 Å². The molecule has 3 aromatic rings. The third-order valence-electron chi connectivity index (χ3n) is 5.77. The van der Waals surface area contributed by atoms with E-state index >= 15 is 0 Å². The van der Waals surface area contributed by atoms with Gasteiger partial charge in [0.05, 0.1) is 28.0 Å². The lowest BCUT2D eigenvalue weighted by molar-refractivity contribution is -0.119. The molecule has 7 heteroatoms. The molecule has 27 heavy (non-hydrogen) atoms. The third-order valence-corrected chi connectivity index (χ3v) is 6.62. The highest BCUT2D eigenvalue weighted by Crippen LogP contribution is 2.37. The first kappa shape index (κ1) is 16.7. The Labute approximate surface area is 161 Å². The van der Waals surface area contributed by atoms with Crippen molar-refractivity contribution in [2.75, 3.05) is 6.54 Å².